The van der Waals surface area contributed by atoms with Gasteiger partial charge < -0.3 is 15.5 Å². The average molecular weight is 340 g/mol. The number of nitrogens with one attached hydrogen (secondary N) is 1. The maximum Gasteiger partial charge on any atom is 0.180 e. The van der Waals surface area contributed by atoms with Crippen LogP contribution in [0.15, 0.2) is 35.2 Å². The van der Waals surface area contributed by atoms with Crippen molar-refractivity contribution in [2.24, 2.45) is 0 Å². The molecular weight excluding hydrogens is 332 g/mol. The molecule has 0 aliphatic carbocycles. The van der Waals surface area contributed by atoms with Crippen LogP contribution in [-0.4, -0.2) is 14.4 Å². The first kappa shape index (κ1) is 12.8. The summed E-state index contributed by atoms with van der Waals surface area (Å²) in [7, 11) is 0. The van der Waals surface area contributed by atoms with Crippen LogP contribution in [0.4, 0.5) is 26.1 Å². The number of benzene rings is 1. The second-order valence-corrected chi connectivity index (χ2v) is 4.90. The van der Waals surface area contributed by atoms with E-state index in [4.69, 9.17) is 5.73 Å². The van der Waals surface area contributed by atoms with Crippen molar-refractivity contribution in [2.45, 2.75) is 0 Å². The number of rotatable bonds is 2. The fraction of sp³-hybridized carbons (Fsp3) is 0. The summed E-state index contributed by atoms with van der Waals surface area (Å²) in [6, 6.07) is 2.07. The summed E-state index contributed by atoms with van der Waals surface area (Å²) in [6.45, 7) is 0. The van der Waals surface area contributed by atoms with Crippen molar-refractivity contribution >= 4 is 38.9 Å². The minimum atomic E-state index is -0.618. The van der Waals surface area contributed by atoms with Gasteiger partial charge in [-0.1, -0.05) is 0 Å². The maximum absolute atomic E-state index is 13.8. The zero-order valence-electron chi connectivity index (χ0n) is 9.94. The van der Waals surface area contributed by atoms with Crippen molar-refractivity contribution in [3.05, 3.63) is 46.8 Å². The lowest BCUT2D eigenvalue weighted by Crippen LogP contribution is -2.03. The van der Waals surface area contributed by atoms with Crippen LogP contribution in [-0.2, 0) is 0 Å². The molecule has 0 saturated heterocycles. The molecule has 2 aromatic heterocycles. The highest BCUT2D eigenvalue weighted by molar-refractivity contribution is 9.10. The molecule has 20 heavy (non-hydrogen) atoms. The number of aromatic nitrogens is 3. The van der Waals surface area contributed by atoms with Crippen molar-refractivity contribution in [1.82, 2.24) is 14.4 Å². The smallest absolute Gasteiger partial charge is 0.180 e. The second-order valence-electron chi connectivity index (χ2n) is 4.04. The number of nitrogen functional groups attached to an aromatic ring is 1. The highest BCUT2D eigenvalue weighted by Crippen LogP contribution is 2.27. The Morgan fingerprint density at radius 2 is 2.05 bits per heavy atom. The summed E-state index contributed by atoms with van der Waals surface area (Å²) in [6.07, 6.45) is 4.81. The van der Waals surface area contributed by atoms with Crippen LogP contribution >= 0.6 is 15.9 Å². The third-order valence-electron chi connectivity index (χ3n) is 2.66. The van der Waals surface area contributed by atoms with Gasteiger partial charge in [-0.25, -0.2) is 18.7 Å². The van der Waals surface area contributed by atoms with E-state index in [1.807, 2.05) is 0 Å². The quantitative estimate of drug-likeness (QED) is 0.704. The molecule has 2 heterocycles. The zero-order chi connectivity index (χ0) is 14.3. The standard InChI is InChI=1S/C12H8BrF2N5/c13-6-3-8(15)9(4-7(6)14)18-11-12-17-1-2-20(12)5-10(16)19-11/h1-5H,16H2,(H,18,19). The molecule has 3 rings (SSSR count). The van der Waals surface area contributed by atoms with Crippen LogP contribution in [0.2, 0.25) is 0 Å². The molecule has 0 aliphatic heterocycles. The monoisotopic (exact) mass is 339 g/mol. The van der Waals surface area contributed by atoms with Gasteiger partial charge in [0.25, 0.3) is 0 Å². The van der Waals surface area contributed by atoms with E-state index in [9.17, 15) is 8.78 Å². The predicted molar refractivity (Wildman–Crippen MR) is 74.7 cm³/mol. The van der Waals surface area contributed by atoms with Crippen molar-refractivity contribution in [3.63, 3.8) is 0 Å². The number of nitrogens with two attached hydrogens (primary N) is 1. The predicted octanol–water partition coefficient (Wildman–Crippen LogP) is 3.10. The molecule has 5 nitrogen and oxygen atoms in total. The number of anilines is 3. The molecule has 0 aliphatic rings. The van der Waals surface area contributed by atoms with E-state index in [-0.39, 0.29) is 21.8 Å². The van der Waals surface area contributed by atoms with E-state index in [2.05, 4.69) is 31.2 Å². The first-order valence-corrected chi connectivity index (χ1v) is 6.34. The minimum Gasteiger partial charge on any atom is -0.382 e. The van der Waals surface area contributed by atoms with Gasteiger partial charge in [0.15, 0.2) is 11.5 Å². The molecule has 0 unspecified atom stereocenters. The Bertz CT molecular complexity index is 802. The molecule has 1 aromatic carbocycles. The molecule has 3 N–H and O–H groups in total. The molecule has 0 saturated carbocycles. The van der Waals surface area contributed by atoms with Gasteiger partial charge in [0, 0.05) is 18.5 Å². The van der Waals surface area contributed by atoms with Crippen molar-refractivity contribution in [3.8, 4) is 0 Å². The largest absolute Gasteiger partial charge is 0.382 e. The lowest BCUT2D eigenvalue weighted by atomic mass is 10.3. The van der Waals surface area contributed by atoms with Crippen LogP contribution in [0.25, 0.3) is 5.65 Å². The molecule has 0 radical (unpaired) electrons. The number of halogens is 3. The van der Waals surface area contributed by atoms with Gasteiger partial charge >= 0.3 is 0 Å². The first-order valence-electron chi connectivity index (χ1n) is 5.55. The third-order valence-corrected chi connectivity index (χ3v) is 3.26. The summed E-state index contributed by atoms with van der Waals surface area (Å²) in [4.78, 5) is 8.13. The van der Waals surface area contributed by atoms with Crippen molar-refractivity contribution in [2.75, 3.05) is 11.1 Å². The second kappa shape index (κ2) is 4.71. The molecule has 0 bridgehead atoms. The highest BCUT2D eigenvalue weighted by atomic mass is 79.9. The van der Waals surface area contributed by atoms with Crippen molar-refractivity contribution < 1.29 is 8.78 Å². The zero-order valence-corrected chi connectivity index (χ0v) is 11.5. The Kier molecular flexibility index (Phi) is 3.01. The fourth-order valence-corrected chi connectivity index (χ4v) is 2.10. The van der Waals surface area contributed by atoms with E-state index in [0.717, 1.165) is 12.1 Å². The molecule has 102 valence electrons. The lowest BCUT2D eigenvalue weighted by Gasteiger charge is -2.09. The maximum atomic E-state index is 13.8. The molecular formula is C12H8BrF2N5. The lowest BCUT2D eigenvalue weighted by molar-refractivity contribution is 0.598. The van der Waals surface area contributed by atoms with Gasteiger partial charge in [-0.05, 0) is 22.0 Å². The van der Waals surface area contributed by atoms with Crippen LogP contribution in [0.1, 0.15) is 0 Å². The normalized spacial score (nSPS) is 10.9. The van der Waals surface area contributed by atoms with E-state index in [1.54, 1.807) is 23.0 Å². The van der Waals surface area contributed by atoms with E-state index < -0.39 is 11.6 Å². The Morgan fingerprint density at radius 1 is 1.25 bits per heavy atom. The molecule has 0 spiro atoms. The Hall–Kier alpha value is -2.22. The summed E-state index contributed by atoms with van der Waals surface area (Å²) in [5.74, 6) is -0.726. The average Bonchev–Trinajstić information content (AvgIpc) is 2.84. The molecule has 3 aromatic rings. The summed E-state index contributed by atoms with van der Waals surface area (Å²) >= 11 is 2.92. The highest BCUT2D eigenvalue weighted by Gasteiger charge is 2.12. The molecule has 8 heteroatoms. The van der Waals surface area contributed by atoms with Gasteiger partial charge in [0.2, 0.25) is 0 Å². The Labute approximate surface area is 120 Å². The van der Waals surface area contributed by atoms with Gasteiger partial charge in [-0.15, -0.1) is 0 Å². The molecule has 0 atom stereocenters. The minimum absolute atomic E-state index is 0.0475. The number of hydrogen-bond donors (Lipinski definition) is 2. The van der Waals surface area contributed by atoms with Gasteiger partial charge in [-0.3, -0.25) is 0 Å². The van der Waals surface area contributed by atoms with E-state index in [0.29, 0.717) is 5.65 Å². The number of nitrogens with zero attached hydrogens (tertiary/aromatic N) is 3. The van der Waals surface area contributed by atoms with Gasteiger partial charge in [-0.2, -0.15) is 0 Å². The van der Waals surface area contributed by atoms with Crippen molar-refractivity contribution in [1.29, 1.82) is 0 Å². The Morgan fingerprint density at radius 3 is 2.85 bits per heavy atom. The third kappa shape index (κ3) is 2.18. The topological polar surface area (TPSA) is 68.2 Å². The summed E-state index contributed by atoms with van der Waals surface area (Å²) in [5, 5.41) is 2.70. The van der Waals surface area contributed by atoms with E-state index >= 15 is 0 Å². The van der Waals surface area contributed by atoms with Crippen LogP contribution in [0.3, 0.4) is 0 Å². The van der Waals surface area contributed by atoms with Crippen LogP contribution in [0.5, 0.6) is 0 Å². The number of imidazole rings is 1. The molecule has 0 fully saturated rings. The first-order chi connectivity index (χ1) is 9.54. The molecule has 0 amide bonds. The van der Waals surface area contributed by atoms with Gasteiger partial charge in [0.05, 0.1) is 16.4 Å². The van der Waals surface area contributed by atoms with E-state index in [1.165, 1.54) is 0 Å². The summed E-state index contributed by atoms with van der Waals surface area (Å²) < 4.78 is 29.0. The fourth-order valence-electron chi connectivity index (χ4n) is 1.78. The summed E-state index contributed by atoms with van der Waals surface area (Å²) in [5.41, 5.74) is 6.07. The SMILES string of the molecule is Nc1cn2ccnc2c(Nc2cc(F)c(Br)cc2F)n1. The Balaban J connectivity index is 2.09. The van der Waals surface area contributed by atoms with Crippen LogP contribution < -0.4 is 11.1 Å². The number of hydrogen-bond acceptors (Lipinski definition) is 4. The number of fused-ring (bicyclic) bond motifs is 1. The van der Waals surface area contributed by atoms with Crippen LogP contribution in [0, 0.1) is 11.6 Å². The van der Waals surface area contributed by atoms with Gasteiger partial charge in [0.1, 0.15) is 17.5 Å².